The summed E-state index contributed by atoms with van der Waals surface area (Å²) in [4.78, 5) is 18.2. The van der Waals surface area contributed by atoms with Gasteiger partial charge in [-0.2, -0.15) is 0 Å². The molecule has 2 heterocycles. The summed E-state index contributed by atoms with van der Waals surface area (Å²) in [7, 11) is 1.60. The van der Waals surface area contributed by atoms with Crippen molar-refractivity contribution < 1.29 is 4.79 Å². The predicted octanol–water partition coefficient (Wildman–Crippen LogP) is 1.88. The van der Waals surface area contributed by atoms with Crippen LogP contribution in [0.15, 0.2) is 12.4 Å². The Labute approximate surface area is 108 Å². The molecule has 0 spiro atoms. The molecule has 1 amide bonds. The maximum absolute atomic E-state index is 11.2. The molecule has 7 heteroatoms. The zero-order valence-corrected chi connectivity index (χ0v) is 10.7. The molecule has 90 valence electrons. The molecule has 2 aromatic rings. The number of imidazole rings is 1. The van der Waals surface area contributed by atoms with E-state index >= 15 is 0 Å². The van der Waals surface area contributed by atoms with Crippen LogP contribution in [0.25, 0.3) is 11.0 Å². The van der Waals surface area contributed by atoms with Gasteiger partial charge in [0.15, 0.2) is 4.77 Å². The summed E-state index contributed by atoms with van der Waals surface area (Å²) in [5.41, 5.74) is 1.56. The quantitative estimate of drug-likeness (QED) is 0.837. The number of hydrogen-bond acceptors (Lipinski definition) is 3. The molecule has 2 aromatic heterocycles. The molecular formula is C10H11ClN4OS. The second-order valence-corrected chi connectivity index (χ2v) is 4.32. The topological polar surface area (TPSA) is 62.7 Å². The van der Waals surface area contributed by atoms with Crippen LogP contribution < -0.4 is 5.32 Å². The molecule has 0 aromatic carbocycles. The van der Waals surface area contributed by atoms with Gasteiger partial charge in [-0.15, -0.1) is 0 Å². The van der Waals surface area contributed by atoms with Crippen LogP contribution in [0.4, 0.5) is 0 Å². The number of aryl methyl sites for hydroxylation is 1. The van der Waals surface area contributed by atoms with Gasteiger partial charge in [-0.05, 0) is 12.2 Å². The second kappa shape index (κ2) is 4.85. The fraction of sp³-hybridized carbons (Fsp3) is 0.300. The van der Waals surface area contributed by atoms with Crippen molar-refractivity contribution in [2.24, 2.45) is 0 Å². The normalized spacial score (nSPS) is 10.7. The molecule has 0 saturated heterocycles. The largest absolute Gasteiger partial charge is 0.359 e. The Morgan fingerprint density at radius 1 is 1.65 bits per heavy atom. The molecule has 0 aliphatic carbocycles. The molecule has 2 N–H and O–H groups in total. The first-order valence-electron chi connectivity index (χ1n) is 5.06. The van der Waals surface area contributed by atoms with Gasteiger partial charge in [0.1, 0.15) is 0 Å². The summed E-state index contributed by atoms with van der Waals surface area (Å²) in [5.74, 6) is -0.0357. The zero-order chi connectivity index (χ0) is 12.4. The van der Waals surface area contributed by atoms with Crippen LogP contribution in [0, 0.1) is 4.77 Å². The van der Waals surface area contributed by atoms with Gasteiger partial charge < -0.3 is 14.9 Å². The summed E-state index contributed by atoms with van der Waals surface area (Å²) in [6, 6.07) is 0. The van der Waals surface area contributed by atoms with E-state index in [1.807, 2.05) is 4.57 Å². The highest BCUT2D eigenvalue weighted by Gasteiger charge is 2.09. The number of nitrogens with one attached hydrogen (secondary N) is 2. The van der Waals surface area contributed by atoms with Crippen LogP contribution in [-0.2, 0) is 11.3 Å². The third-order valence-corrected chi connectivity index (χ3v) is 3.07. The molecule has 0 bridgehead atoms. The number of hydrogen-bond donors (Lipinski definition) is 2. The number of carbonyl (C=O) groups is 1. The van der Waals surface area contributed by atoms with Crippen molar-refractivity contribution in [3.05, 3.63) is 22.2 Å². The lowest BCUT2D eigenvalue weighted by atomic mass is 10.3. The highest BCUT2D eigenvalue weighted by molar-refractivity contribution is 7.71. The molecule has 2 rings (SSSR count). The Morgan fingerprint density at radius 2 is 2.41 bits per heavy atom. The monoisotopic (exact) mass is 270 g/mol. The van der Waals surface area contributed by atoms with Gasteiger partial charge in [-0.1, -0.05) is 11.6 Å². The van der Waals surface area contributed by atoms with E-state index in [1.54, 1.807) is 19.4 Å². The molecule has 0 aliphatic heterocycles. The van der Waals surface area contributed by atoms with Gasteiger partial charge in [-0.25, -0.2) is 0 Å². The van der Waals surface area contributed by atoms with Crippen molar-refractivity contribution in [1.82, 2.24) is 19.9 Å². The standard InChI is InChI=1S/C10H11ClN4OS/c1-12-8(16)2-3-15-9-6(11)4-13-5-7(9)14-10(15)17/h4-5H,2-3H2,1H3,(H,12,16)(H,14,17). The average molecular weight is 271 g/mol. The fourth-order valence-electron chi connectivity index (χ4n) is 1.63. The molecule has 0 saturated carbocycles. The highest BCUT2D eigenvalue weighted by atomic mass is 35.5. The Balaban J connectivity index is 2.42. The number of carbonyl (C=O) groups excluding carboxylic acids is 1. The predicted molar refractivity (Wildman–Crippen MR) is 68.6 cm³/mol. The van der Waals surface area contributed by atoms with Gasteiger partial charge in [-0.3, -0.25) is 9.78 Å². The summed E-state index contributed by atoms with van der Waals surface area (Å²) >= 11 is 11.3. The third-order valence-electron chi connectivity index (χ3n) is 2.47. The number of aromatic amines is 1. The first-order chi connectivity index (χ1) is 8.13. The molecule has 0 atom stereocenters. The van der Waals surface area contributed by atoms with Crippen LogP contribution in [0.1, 0.15) is 6.42 Å². The highest BCUT2D eigenvalue weighted by Crippen LogP contribution is 2.22. The Bertz CT molecular complexity index is 618. The minimum absolute atomic E-state index is 0.0357. The van der Waals surface area contributed by atoms with E-state index in [-0.39, 0.29) is 5.91 Å². The van der Waals surface area contributed by atoms with Crippen molar-refractivity contribution in [3.63, 3.8) is 0 Å². The van der Waals surface area contributed by atoms with Crippen molar-refractivity contribution in [3.8, 4) is 0 Å². The van der Waals surface area contributed by atoms with Crippen molar-refractivity contribution >= 4 is 40.8 Å². The van der Waals surface area contributed by atoms with Crippen LogP contribution >= 0.6 is 23.8 Å². The molecule has 0 radical (unpaired) electrons. The number of H-pyrrole nitrogens is 1. The first-order valence-corrected chi connectivity index (χ1v) is 5.84. The third kappa shape index (κ3) is 2.32. The number of halogens is 1. The van der Waals surface area contributed by atoms with Crippen molar-refractivity contribution in [2.75, 3.05) is 7.05 Å². The number of amides is 1. The summed E-state index contributed by atoms with van der Waals surface area (Å²) < 4.78 is 2.35. The van der Waals surface area contributed by atoms with Gasteiger partial charge in [0.2, 0.25) is 5.91 Å². The van der Waals surface area contributed by atoms with E-state index in [0.717, 1.165) is 11.0 Å². The van der Waals surface area contributed by atoms with E-state index in [4.69, 9.17) is 23.8 Å². The average Bonchev–Trinajstić information content (AvgIpc) is 2.63. The minimum atomic E-state index is -0.0357. The lowest BCUT2D eigenvalue weighted by molar-refractivity contribution is -0.120. The summed E-state index contributed by atoms with van der Waals surface area (Å²) in [6.45, 7) is 0.488. The number of pyridine rings is 1. The van der Waals surface area contributed by atoms with Crippen molar-refractivity contribution in [2.45, 2.75) is 13.0 Å². The molecule has 17 heavy (non-hydrogen) atoms. The Kier molecular flexibility index (Phi) is 3.44. The van der Waals surface area contributed by atoms with Gasteiger partial charge in [0.25, 0.3) is 0 Å². The minimum Gasteiger partial charge on any atom is -0.359 e. The first kappa shape index (κ1) is 12.1. The maximum atomic E-state index is 11.2. The fourth-order valence-corrected chi connectivity index (χ4v) is 2.18. The lowest BCUT2D eigenvalue weighted by Crippen LogP contribution is -2.19. The van der Waals surface area contributed by atoms with Crippen LogP contribution in [0.3, 0.4) is 0 Å². The van der Waals surface area contributed by atoms with E-state index in [1.165, 1.54) is 0 Å². The van der Waals surface area contributed by atoms with Gasteiger partial charge >= 0.3 is 0 Å². The molecule has 0 unspecified atom stereocenters. The number of fused-ring (bicyclic) bond motifs is 1. The van der Waals surface area contributed by atoms with Gasteiger partial charge in [0.05, 0.1) is 22.3 Å². The SMILES string of the molecule is CNC(=O)CCn1c(=S)[nH]c2cncc(Cl)c21. The zero-order valence-electron chi connectivity index (χ0n) is 9.16. The number of aromatic nitrogens is 3. The van der Waals surface area contributed by atoms with Gasteiger partial charge in [0, 0.05) is 26.2 Å². The Hall–Kier alpha value is -1.40. The Morgan fingerprint density at radius 3 is 3.12 bits per heavy atom. The van der Waals surface area contributed by atoms with E-state index in [2.05, 4.69) is 15.3 Å². The lowest BCUT2D eigenvalue weighted by Gasteiger charge is -2.04. The summed E-state index contributed by atoms with van der Waals surface area (Å²) in [6.07, 6.45) is 3.58. The number of rotatable bonds is 3. The number of nitrogens with zero attached hydrogens (tertiary/aromatic N) is 2. The molecule has 0 aliphatic rings. The van der Waals surface area contributed by atoms with Crippen LogP contribution in [0.5, 0.6) is 0 Å². The van der Waals surface area contributed by atoms with Crippen LogP contribution in [-0.4, -0.2) is 27.5 Å². The molecule has 0 fully saturated rings. The summed E-state index contributed by atoms with van der Waals surface area (Å²) in [5, 5.41) is 3.09. The molecular weight excluding hydrogens is 260 g/mol. The smallest absolute Gasteiger partial charge is 0.221 e. The van der Waals surface area contributed by atoms with E-state index in [0.29, 0.717) is 22.8 Å². The van der Waals surface area contributed by atoms with Crippen molar-refractivity contribution in [1.29, 1.82) is 0 Å². The molecule has 5 nitrogen and oxygen atoms in total. The second-order valence-electron chi connectivity index (χ2n) is 3.52. The van der Waals surface area contributed by atoms with Crippen LogP contribution in [0.2, 0.25) is 5.02 Å². The maximum Gasteiger partial charge on any atom is 0.221 e. The van der Waals surface area contributed by atoms with E-state index in [9.17, 15) is 4.79 Å². The van der Waals surface area contributed by atoms with E-state index < -0.39 is 0 Å².